The van der Waals surface area contributed by atoms with E-state index in [1.807, 2.05) is 18.2 Å². The lowest BCUT2D eigenvalue weighted by molar-refractivity contribution is -0.121. The number of amides is 2. The lowest BCUT2D eigenvalue weighted by Gasteiger charge is -2.23. The van der Waals surface area contributed by atoms with Crippen LogP contribution in [0.3, 0.4) is 0 Å². The lowest BCUT2D eigenvalue weighted by Crippen LogP contribution is -2.25. The second-order valence-corrected chi connectivity index (χ2v) is 9.88. The minimum Gasteiger partial charge on any atom is -0.326 e. The van der Waals surface area contributed by atoms with Gasteiger partial charge in [-0.05, 0) is 59.7 Å². The van der Waals surface area contributed by atoms with Gasteiger partial charge in [0.1, 0.15) is 16.9 Å². The first kappa shape index (κ1) is 24.1. The predicted octanol–water partition coefficient (Wildman–Crippen LogP) is 5.80. The molecule has 10 heteroatoms. The van der Waals surface area contributed by atoms with E-state index in [9.17, 15) is 18.4 Å². The number of nitrogens with zero attached hydrogens (tertiary/aromatic N) is 3. The van der Waals surface area contributed by atoms with Crippen LogP contribution in [0.15, 0.2) is 82.9 Å². The molecule has 0 unspecified atom stereocenters. The van der Waals surface area contributed by atoms with Gasteiger partial charge in [-0.1, -0.05) is 47.6 Å². The van der Waals surface area contributed by atoms with Crippen molar-refractivity contribution in [3.8, 4) is 0 Å². The Morgan fingerprint density at radius 2 is 1.75 bits per heavy atom. The highest BCUT2D eigenvalue weighted by molar-refractivity contribution is 8.15. The molecule has 1 N–H and O–H groups in total. The van der Waals surface area contributed by atoms with Crippen molar-refractivity contribution in [3.05, 3.63) is 101 Å². The second-order valence-electron chi connectivity index (χ2n) is 8.27. The van der Waals surface area contributed by atoms with Crippen LogP contribution in [0.1, 0.15) is 30.0 Å². The summed E-state index contributed by atoms with van der Waals surface area (Å²) in [6, 6.07) is 18.5. The van der Waals surface area contributed by atoms with Gasteiger partial charge in [0.25, 0.3) is 5.91 Å². The van der Waals surface area contributed by atoms with Crippen LogP contribution in [0.25, 0.3) is 0 Å². The topological polar surface area (TPSA) is 74.1 Å². The summed E-state index contributed by atoms with van der Waals surface area (Å²) >= 11 is 7.39. The van der Waals surface area contributed by atoms with Gasteiger partial charge in [-0.3, -0.25) is 9.59 Å². The van der Waals surface area contributed by atoms with Gasteiger partial charge in [-0.25, -0.2) is 13.8 Å². The molecule has 0 spiro atoms. The Morgan fingerprint density at radius 3 is 2.44 bits per heavy atom. The van der Waals surface area contributed by atoms with Crippen LogP contribution in [-0.4, -0.2) is 33.0 Å². The fraction of sp³-hybridized carbons (Fsp3) is 0.154. The van der Waals surface area contributed by atoms with Crippen LogP contribution in [0.2, 0.25) is 5.02 Å². The van der Waals surface area contributed by atoms with E-state index < -0.39 is 17.0 Å². The molecule has 36 heavy (non-hydrogen) atoms. The van der Waals surface area contributed by atoms with E-state index in [4.69, 9.17) is 16.7 Å². The third-order valence-corrected chi connectivity index (χ3v) is 7.12. The van der Waals surface area contributed by atoms with Gasteiger partial charge in [-0.2, -0.15) is 10.1 Å². The number of thioether (sulfide) groups is 1. The van der Waals surface area contributed by atoms with Gasteiger partial charge in [0.05, 0.1) is 11.8 Å². The molecule has 6 nitrogen and oxygen atoms in total. The molecule has 0 radical (unpaired) electrons. The average molecular weight is 525 g/mol. The third-order valence-electron chi connectivity index (χ3n) is 5.74. The normalized spacial score (nSPS) is 19.3. The number of halogens is 3. The Labute approximate surface area is 215 Å². The van der Waals surface area contributed by atoms with Crippen LogP contribution in [-0.2, 0) is 9.59 Å². The Balaban J connectivity index is 1.35. The number of nitrogens with one attached hydrogen (secondary N) is 1. The minimum absolute atomic E-state index is 0.0991. The molecule has 5 rings (SSSR count). The third kappa shape index (κ3) is 5.32. The van der Waals surface area contributed by atoms with E-state index in [-0.39, 0.29) is 24.2 Å². The van der Waals surface area contributed by atoms with Crippen LogP contribution < -0.4 is 5.32 Å². The van der Waals surface area contributed by atoms with Crippen molar-refractivity contribution in [2.24, 2.45) is 10.1 Å². The molecule has 0 bridgehead atoms. The smallest absolute Gasteiger partial charge is 0.262 e. The van der Waals surface area contributed by atoms with Crippen LogP contribution in [0.5, 0.6) is 0 Å². The largest absolute Gasteiger partial charge is 0.326 e. The Hall–Kier alpha value is -3.56. The van der Waals surface area contributed by atoms with Gasteiger partial charge in [-0.15, -0.1) is 0 Å². The van der Waals surface area contributed by atoms with E-state index in [2.05, 4.69) is 10.3 Å². The Bertz CT molecular complexity index is 1380. The first-order valence-corrected chi connectivity index (χ1v) is 12.3. The Morgan fingerprint density at radius 1 is 1.06 bits per heavy atom. The highest BCUT2D eigenvalue weighted by Crippen LogP contribution is 2.39. The number of benzene rings is 3. The standard InChI is InChI=1S/C26H19ClF2N4O2S/c27-17-3-1-2-16(12-17)22-13-21(15-4-6-18(28)7-5-15)32-33(22)26-31-25(35)23(36-26)14-24(34)30-20-10-8-19(29)9-11-20/h1-12,22-23H,13-14H2,(H,30,34)/t22-,23-/m0/s1. The number of amidine groups is 1. The summed E-state index contributed by atoms with van der Waals surface area (Å²) in [5, 5.41) is 9.29. The van der Waals surface area contributed by atoms with Crippen LogP contribution in [0.4, 0.5) is 14.5 Å². The summed E-state index contributed by atoms with van der Waals surface area (Å²) in [6.45, 7) is 0. The molecule has 2 atom stereocenters. The van der Waals surface area contributed by atoms with Gasteiger partial charge in [0.2, 0.25) is 5.91 Å². The van der Waals surface area contributed by atoms with Crippen molar-refractivity contribution in [1.29, 1.82) is 0 Å². The number of rotatable bonds is 5. The van der Waals surface area contributed by atoms with Crippen molar-refractivity contribution >= 4 is 51.7 Å². The molecule has 2 aliphatic heterocycles. The van der Waals surface area contributed by atoms with Gasteiger partial charge >= 0.3 is 0 Å². The molecule has 2 amide bonds. The maximum Gasteiger partial charge on any atom is 0.262 e. The van der Waals surface area contributed by atoms with Crippen molar-refractivity contribution in [1.82, 2.24) is 5.01 Å². The zero-order valence-corrected chi connectivity index (χ0v) is 20.3. The minimum atomic E-state index is -0.717. The molecule has 0 saturated heterocycles. The van der Waals surface area contributed by atoms with Crippen molar-refractivity contribution in [2.45, 2.75) is 24.1 Å². The summed E-state index contributed by atoms with van der Waals surface area (Å²) in [4.78, 5) is 29.4. The molecule has 3 aromatic rings. The quantitative estimate of drug-likeness (QED) is 0.458. The molecule has 0 saturated carbocycles. The number of carbonyl (C=O) groups excluding carboxylic acids is 2. The van der Waals surface area contributed by atoms with Crippen molar-refractivity contribution < 1.29 is 18.4 Å². The molecule has 0 aliphatic carbocycles. The van der Waals surface area contributed by atoms with Crippen molar-refractivity contribution in [3.63, 3.8) is 0 Å². The fourth-order valence-electron chi connectivity index (χ4n) is 4.00. The highest BCUT2D eigenvalue weighted by Gasteiger charge is 2.39. The first-order valence-electron chi connectivity index (χ1n) is 11.1. The number of carbonyl (C=O) groups is 2. The molecular weight excluding hydrogens is 506 g/mol. The molecule has 2 aliphatic rings. The van der Waals surface area contributed by atoms with E-state index >= 15 is 0 Å². The summed E-state index contributed by atoms with van der Waals surface area (Å²) in [6.07, 6.45) is 0.396. The van der Waals surface area contributed by atoms with Gasteiger partial charge < -0.3 is 5.32 Å². The zero-order chi connectivity index (χ0) is 25.2. The molecule has 182 valence electrons. The fourth-order valence-corrected chi connectivity index (χ4v) is 5.26. The SMILES string of the molecule is O=C(C[C@@H]1SC(N2N=C(c3ccc(F)cc3)C[C@H]2c2cccc(Cl)c2)=NC1=O)Nc1ccc(F)cc1. The average Bonchev–Trinajstić information content (AvgIpc) is 3.45. The van der Waals surface area contributed by atoms with E-state index in [0.29, 0.717) is 28.0 Å². The monoisotopic (exact) mass is 524 g/mol. The number of aliphatic imine (C=N–C) groups is 1. The highest BCUT2D eigenvalue weighted by atomic mass is 35.5. The number of hydrazone groups is 1. The van der Waals surface area contributed by atoms with Gasteiger partial charge in [0, 0.05) is 23.6 Å². The van der Waals surface area contributed by atoms with Crippen LogP contribution in [0, 0.1) is 11.6 Å². The number of hydrogen-bond acceptors (Lipinski definition) is 5. The van der Waals surface area contributed by atoms with E-state index in [0.717, 1.165) is 11.1 Å². The van der Waals surface area contributed by atoms with Gasteiger partial charge in [0.15, 0.2) is 5.17 Å². The molecule has 0 aromatic heterocycles. The molecule has 2 heterocycles. The summed E-state index contributed by atoms with van der Waals surface area (Å²) in [5.41, 5.74) is 2.80. The summed E-state index contributed by atoms with van der Waals surface area (Å²) in [7, 11) is 0. The van der Waals surface area contributed by atoms with Crippen LogP contribution >= 0.6 is 23.4 Å². The maximum atomic E-state index is 13.5. The lowest BCUT2D eigenvalue weighted by atomic mass is 9.98. The molecular formula is C26H19ClF2N4O2S. The molecule has 3 aromatic carbocycles. The summed E-state index contributed by atoms with van der Waals surface area (Å²) < 4.78 is 26.6. The number of anilines is 1. The first-order chi connectivity index (χ1) is 17.4. The van der Waals surface area contributed by atoms with Crippen molar-refractivity contribution in [2.75, 3.05) is 5.32 Å². The summed E-state index contributed by atoms with van der Waals surface area (Å²) in [5.74, 6) is -1.57. The van der Waals surface area contributed by atoms with E-state index in [1.54, 1.807) is 23.2 Å². The van der Waals surface area contributed by atoms with E-state index in [1.165, 1.54) is 48.2 Å². The predicted molar refractivity (Wildman–Crippen MR) is 137 cm³/mol. The maximum absolute atomic E-state index is 13.5. The second kappa shape index (κ2) is 10.2. The molecule has 0 fully saturated rings. The Kier molecular flexibility index (Phi) is 6.84. The zero-order valence-electron chi connectivity index (χ0n) is 18.7. The number of hydrogen-bond donors (Lipinski definition) is 1.